The number of carboxylic acids is 1. The smallest absolute Gasteiger partial charge is 0.328 e. The highest BCUT2D eigenvalue weighted by atomic mass is 19.1. The average Bonchev–Trinajstić information content (AvgIpc) is 2.85. The van der Waals surface area contributed by atoms with Crippen LogP contribution in [0.15, 0.2) is 35.0 Å². The Hall–Kier alpha value is -2.96. The summed E-state index contributed by atoms with van der Waals surface area (Å²) in [5.74, 6) is -2.02. The first-order chi connectivity index (χ1) is 9.97. The summed E-state index contributed by atoms with van der Waals surface area (Å²) < 4.78 is 18.6. The summed E-state index contributed by atoms with van der Waals surface area (Å²) in [5, 5.41) is 14.4. The summed E-state index contributed by atoms with van der Waals surface area (Å²) in [6.45, 7) is 1.57. The molecule has 0 aliphatic rings. The van der Waals surface area contributed by atoms with Gasteiger partial charge in [0.1, 0.15) is 17.1 Å². The molecule has 0 unspecified atom stereocenters. The van der Waals surface area contributed by atoms with Crippen LogP contribution in [0, 0.1) is 12.7 Å². The Morgan fingerprint density at radius 3 is 2.76 bits per heavy atom. The summed E-state index contributed by atoms with van der Waals surface area (Å²) in [6, 6.07) is 3.95. The molecule has 1 aromatic heterocycles. The number of rotatable bonds is 4. The van der Waals surface area contributed by atoms with Gasteiger partial charge in [0.15, 0.2) is 0 Å². The molecule has 0 aliphatic heterocycles. The molecular formula is C14H11FN2O4. The third kappa shape index (κ3) is 3.53. The lowest BCUT2D eigenvalue weighted by Gasteiger charge is -2.06. The van der Waals surface area contributed by atoms with Gasteiger partial charge in [-0.25, -0.2) is 9.18 Å². The number of nitrogens with one attached hydrogen (secondary N) is 1. The number of aliphatic carboxylic acids is 1. The Balaban J connectivity index is 2.16. The maximum Gasteiger partial charge on any atom is 0.328 e. The molecule has 0 spiro atoms. The number of anilines is 1. The Labute approximate surface area is 118 Å². The van der Waals surface area contributed by atoms with Gasteiger partial charge in [-0.05, 0) is 30.7 Å². The zero-order chi connectivity index (χ0) is 15.4. The van der Waals surface area contributed by atoms with Gasteiger partial charge in [0, 0.05) is 6.08 Å². The predicted molar refractivity (Wildman–Crippen MR) is 72.3 cm³/mol. The normalized spacial score (nSPS) is 10.8. The number of carboxylic acid groups (broad SMARTS) is 1. The van der Waals surface area contributed by atoms with E-state index in [-0.39, 0.29) is 11.3 Å². The van der Waals surface area contributed by atoms with Crippen molar-refractivity contribution in [2.45, 2.75) is 6.92 Å². The average molecular weight is 290 g/mol. The van der Waals surface area contributed by atoms with Crippen LogP contribution in [0.3, 0.4) is 0 Å². The first kappa shape index (κ1) is 14.4. The lowest BCUT2D eigenvalue weighted by atomic mass is 10.1. The molecule has 2 N–H and O–H groups in total. The van der Waals surface area contributed by atoms with Gasteiger partial charge in [0.25, 0.3) is 5.91 Å². The molecule has 7 heteroatoms. The number of benzene rings is 1. The van der Waals surface area contributed by atoms with Gasteiger partial charge >= 0.3 is 5.97 Å². The molecule has 108 valence electrons. The van der Waals surface area contributed by atoms with E-state index in [1.807, 2.05) is 0 Å². The monoisotopic (exact) mass is 290 g/mol. The first-order valence-electron chi connectivity index (χ1n) is 5.90. The van der Waals surface area contributed by atoms with Crippen LogP contribution >= 0.6 is 0 Å². The SMILES string of the molecule is Cc1oncc1C(=O)Nc1ccc(C=CC(=O)O)cc1F. The fourth-order valence-corrected chi connectivity index (χ4v) is 1.61. The van der Waals surface area contributed by atoms with E-state index in [9.17, 15) is 14.0 Å². The maximum absolute atomic E-state index is 13.8. The van der Waals surface area contributed by atoms with Gasteiger partial charge in [-0.3, -0.25) is 4.79 Å². The zero-order valence-corrected chi connectivity index (χ0v) is 11.0. The van der Waals surface area contributed by atoms with Crippen molar-refractivity contribution in [2.24, 2.45) is 0 Å². The largest absolute Gasteiger partial charge is 0.478 e. The molecule has 0 saturated heterocycles. The van der Waals surface area contributed by atoms with Crippen molar-refractivity contribution in [3.63, 3.8) is 0 Å². The second kappa shape index (κ2) is 6.00. The van der Waals surface area contributed by atoms with E-state index in [0.29, 0.717) is 11.3 Å². The molecule has 0 aliphatic carbocycles. The summed E-state index contributed by atoms with van der Waals surface area (Å²) in [6.07, 6.45) is 3.39. The highest BCUT2D eigenvalue weighted by Gasteiger charge is 2.14. The number of hydrogen-bond donors (Lipinski definition) is 2. The van der Waals surface area contributed by atoms with Crippen LogP contribution in [-0.4, -0.2) is 22.1 Å². The zero-order valence-electron chi connectivity index (χ0n) is 11.0. The third-order valence-corrected chi connectivity index (χ3v) is 2.66. The van der Waals surface area contributed by atoms with Gasteiger partial charge in [-0.15, -0.1) is 0 Å². The molecule has 1 amide bonds. The fraction of sp³-hybridized carbons (Fsp3) is 0.0714. The van der Waals surface area contributed by atoms with E-state index in [2.05, 4.69) is 10.5 Å². The molecule has 0 atom stereocenters. The number of amides is 1. The summed E-state index contributed by atoms with van der Waals surface area (Å²) >= 11 is 0. The van der Waals surface area contributed by atoms with Crippen LogP contribution in [0.25, 0.3) is 6.08 Å². The van der Waals surface area contributed by atoms with Crippen molar-refractivity contribution >= 4 is 23.6 Å². The standard InChI is InChI=1S/C14H11FN2O4/c1-8-10(7-16-21-8)14(20)17-12-4-2-9(6-11(12)15)3-5-13(18)19/h2-7H,1H3,(H,17,20)(H,18,19). The molecular weight excluding hydrogens is 279 g/mol. The molecule has 0 bridgehead atoms. The number of carbonyl (C=O) groups excluding carboxylic acids is 1. The van der Waals surface area contributed by atoms with Crippen LogP contribution in [0.5, 0.6) is 0 Å². The Morgan fingerprint density at radius 1 is 1.43 bits per heavy atom. The highest BCUT2D eigenvalue weighted by Crippen LogP contribution is 2.18. The summed E-state index contributed by atoms with van der Waals surface area (Å²) in [5.41, 5.74) is 0.561. The van der Waals surface area contributed by atoms with Crippen molar-refractivity contribution in [3.05, 3.63) is 53.2 Å². The second-order valence-corrected chi connectivity index (χ2v) is 4.16. The molecule has 0 saturated carbocycles. The molecule has 0 fully saturated rings. The van der Waals surface area contributed by atoms with Crippen molar-refractivity contribution < 1.29 is 23.6 Å². The van der Waals surface area contributed by atoms with E-state index in [1.165, 1.54) is 24.4 Å². The van der Waals surface area contributed by atoms with Gasteiger partial charge in [-0.1, -0.05) is 11.2 Å². The molecule has 0 radical (unpaired) electrons. The lowest BCUT2D eigenvalue weighted by molar-refractivity contribution is -0.131. The van der Waals surface area contributed by atoms with Gasteiger partial charge in [-0.2, -0.15) is 0 Å². The number of halogens is 1. The van der Waals surface area contributed by atoms with Crippen LogP contribution in [-0.2, 0) is 4.79 Å². The van der Waals surface area contributed by atoms with E-state index < -0.39 is 17.7 Å². The number of hydrogen-bond acceptors (Lipinski definition) is 4. The van der Waals surface area contributed by atoms with Crippen molar-refractivity contribution in [2.75, 3.05) is 5.32 Å². The molecule has 6 nitrogen and oxygen atoms in total. The van der Waals surface area contributed by atoms with Gasteiger partial charge < -0.3 is 14.9 Å². The topological polar surface area (TPSA) is 92.4 Å². The van der Waals surface area contributed by atoms with Gasteiger partial charge in [0.2, 0.25) is 0 Å². The van der Waals surface area contributed by atoms with Crippen molar-refractivity contribution in [3.8, 4) is 0 Å². The molecule has 21 heavy (non-hydrogen) atoms. The summed E-state index contributed by atoms with van der Waals surface area (Å²) in [4.78, 5) is 22.3. The fourth-order valence-electron chi connectivity index (χ4n) is 1.61. The minimum atomic E-state index is -1.13. The molecule has 1 heterocycles. The van der Waals surface area contributed by atoms with Crippen molar-refractivity contribution in [1.29, 1.82) is 0 Å². The number of aryl methyl sites for hydroxylation is 1. The quantitative estimate of drug-likeness (QED) is 0.844. The highest BCUT2D eigenvalue weighted by molar-refractivity contribution is 6.04. The molecule has 2 rings (SSSR count). The Bertz CT molecular complexity index is 722. The minimum absolute atomic E-state index is 0.0203. The summed E-state index contributed by atoms with van der Waals surface area (Å²) in [7, 11) is 0. The van der Waals surface area contributed by atoms with Crippen LogP contribution in [0.1, 0.15) is 21.7 Å². The minimum Gasteiger partial charge on any atom is -0.478 e. The third-order valence-electron chi connectivity index (χ3n) is 2.66. The number of nitrogens with zero attached hydrogens (tertiary/aromatic N) is 1. The van der Waals surface area contributed by atoms with Crippen LogP contribution in [0.4, 0.5) is 10.1 Å². The number of aromatic nitrogens is 1. The van der Waals surface area contributed by atoms with Gasteiger partial charge in [0.05, 0.1) is 11.9 Å². The molecule has 1 aromatic carbocycles. The van der Waals surface area contributed by atoms with E-state index in [1.54, 1.807) is 6.92 Å². The van der Waals surface area contributed by atoms with Crippen LogP contribution < -0.4 is 5.32 Å². The Morgan fingerprint density at radius 2 is 2.19 bits per heavy atom. The van der Waals surface area contributed by atoms with E-state index >= 15 is 0 Å². The van der Waals surface area contributed by atoms with Crippen LogP contribution in [0.2, 0.25) is 0 Å². The van der Waals surface area contributed by atoms with E-state index in [4.69, 9.17) is 9.63 Å². The maximum atomic E-state index is 13.8. The second-order valence-electron chi connectivity index (χ2n) is 4.16. The first-order valence-corrected chi connectivity index (χ1v) is 5.90. The molecule has 2 aromatic rings. The lowest BCUT2D eigenvalue weighted by Crippen LogP contribution is -2.13. The number of carbonyl (C=O) groups is 2. The predicted octanol–water partition coefficient (Wildman–Crippen LogP) is 2.47. The Kier molecular flexibility index (Phi) is 4.13. The van der Waals surface area contributed by atoms with E-state index in [0.717, 1.165) is 12.1 Å². The van der Waals surface area contributed by atoms with Crippen molar-refractivity contribution in [1.82, 2.24) is 5.16 Å².